The fraction of sp³-hybridized carbons (Fsp3) is 0.125. The van der Waals surface area contributed by atoms with Crippen LogP contribution in [0.3, 0.4) is 0 Å². The zero-order valence-electron chi connectivity index (χ0n) is 11.4. The minimum atomic E-state index is 0.261. The van der Waals surface area contributed by atoms with Crippen molar-refractivity contribution >= 4 is 22.6 Å². The lowest BCUT2D eigenvalue weighted by atomic mass is 10.2. The summed E-state index contributed by atoms with van der Waals surface area (Å²) in [6, 6.07) is 15.3. The summed E-state index contributed by atoms with van der Waals surface area (Å²) in [5, 5.41) is 9.30. The molecule has 0 spiro atoms. The molecular weight excluding hydrogens is 286 g/mol. The molecule has 0 atom stereocenters. The predicted octanol–water partition coefficient (Wildman–Crippen LogP) is 3.64. The van der Waals surface area contributed by atoms with E-state index < -0.39 is 0 Å². The van der Waals surface area contributed by atoms with E-state index in [1.807, 2.05) is 41.0 Å². The summed E-state index contributed by atoms with van der Waals surface area (Å²) in [5.41, 5.74) is 3.05. The van der Waals surface area contributed by atoms with Crippen molar-refractivity contribution in [3.05, 3.63) is 53.9 Å². The Kier molecular flexibility index (Phi) is 3.51. The largest absolute Gasteiger partial charge is 0.497 e. The number of alkyl halides is 1. The predicted molar refractivity (Wildman–Crippen MR) is 81.9 cm³/mol. The maximum Gasteiger partial charge on any atom is 0.129 e. The molecular formula is C16H12ClN3O. The average Bonchev–Trinajstić information content (AvgIpc) is 2.91. The number of hydrogen-bond acceptors (Lipinski definition) is 3. The van der Waals surface area contributed by atoms with E-state index in [0.29, 0.717) is 11.4 Å². The highest BCUT2D eigenvalue weighted by Gasteiger charge is 2.14. The monoisotopic (exact) mass is 297 g/mol. The molecule has 0 aliphatic carbocycles. The minimum absolute atomic E-state index is 0.261. The molecule has 3 aromatic rings. The molecule has 1 aromatic heterocycles. The molecule has 0 aliphatic rings. The van der Waals surface area contributed by atoms with Gasteiger partial charge in [0.25, 0.3) is 0 Å². The highest BCUT2D eigenvalue weighted by Crippen LogP contribution is 2.27. The first-order valence-electron chi connectivity index (χ1n) is 6.39. The van der Waals surface area contributed by atoms with Crippen molar-refractivity contribution in [2.45, 2.75) is 5.88 Å². The topological polar surface area (TPSA) is 50.8 Å². The number of hydrogen-bond donors (Lipinski definition) is 0. The van der Waals surface area contributed by atoms with Crippen LogP contribution in [0.5, 0.6) is 5.75 Å². The zero-order valence-corrected chi connectivity index (χ0v) is 12.1. The van der Waals surface area contributed by atoms with Crippen LogP contribution in [0.25, 0.3) is 16.7 Å². The third-order valence-corrected chi connectivity index (χ3v) is 3.56. The summed E-state index contributed by atoms with van der Waals surface area (Å²) >= 11 is 6.03. The van der Waals surface area contributed by atoms with E-state index in [-0.39, 0.29) is 5.88 Å². The molecule has 2 aromatic carbocycles. The van der Waals surface area contributed by atoms with E-state index in [2.05, 4.69) is 11.1 Å². The van der Waals surface area contributed by atoms with Crippen LogP contribution in [-0.4, -0.2) is 16.7 Å². The zero-order chi connectivity index (χ0) is 14.8. The summed E-state index contributed by atoms with van der Waals surface area (Å²) in [5.74, 6) is 1.70. The molecule has 0 unspecified atom stereocenters. The molecule has 1 heterocycles. The summed E-state index contributed by atoms with van der Waals surface area (Å²) in [6.07, 6.45) is 0. The van der Waals surface area contributed by atoms with Crippen molar-refractivity contribution < 1.29 is 4.74 Å². The third-order valence-electron chi connectivity index (χ3n) is 3.32. The van der Waals surface area contributed by atoms with Gasteiger partial charge in [-0.15, -0.1) is 11.6 Å². The lowest BCUT2D eigenvalue weighted by molar-refractivity contribution is 0.415. The maximum atomic E-state index is 9.30. The van der Waals surface area contributed by atoms with Crippen molar-refractivity contribution in [3.63, 3.8) is 0 Å². The van der Waals surface area contributed by atoms with Crippen molar-refractivity contribution in [2.24, 2.45) is 0 Å². The van der Waals surface area contributed by atoms with Crippen LogP contribution in [-0.2, 0) is 5.88 Å². The van der Waals surface area contributed by atoms with E-state index in [4.69, 9.17) is 16.3 Å². The molecule has 5 heteroatoms. The van der Waals surface area contributed by atoms with Crippen molar-refractivity contribution in [2.75, 3.05) is 7.11 Å². The standard InChI is InChI=1S/C16H12ClN3O/c1-21-12-6-7-15-13(8-12)19-16(9-17)20(15)14-5-3-2-4-11(14)10-18/h2-8H,9H2,1H3. The second-order valence-electron chi connectivity index (χ2n) is 4.48. The Hall–Kier alpha value is -2.51. The van der Waals surface area contributed by atoms with E-state index in [1.54, 1.807) is 13.2 Å². The fourth-order valence-corrected chi connectivity index (χ4v) is 2.54. The molecule has 4 nitrogen and oxygen atoms in total. The highest BCUT2D eigenvalue weighted by molar-refractivity contribution is 6.17. The second kappa shape index (κ2) is 5.47. The van der Waals surface area contributed by atoms with Crippen molar-refractivity contribution in [3.8, 4) is 17.5 Å². The molecule has 0 N–H and O–H groups in total. The van der Waals surface area contributed by atoms with Gasteiger partial charge >= 0.3 is 0 Å². The maximum absolute atomic E-state index is 9.30. The third kappa shape index (κ3) is 2.22. The van der Waals surface area contributed by atoms with E-state index in [0.717, 1.165) is 22.5 Å². The van der Waals surface area contributed by atoms with Gasteiger partial charge in [0.15, 0.2) is 0 Å². The number of rotatable bonds is 3. The van der Waals surface area contributed by atoms with E-state index in [9.17, 15) is 5.26 Å². The number of halogens is 1. The van der Waals surface area contributed by atoms with Gasteiger partial charge in [-0.3, -0.25) is 4.57 Å². The van der Waals surface area contributed by atoms with Gasteiger partial charge in [-0.25, -0.2) is 4.98 Å². The van der Waals surface area contributed by atoms with Gasteiger partial charge in [0.05, 0.1) is 35.3 Å². The van der Waals surface area contributed by atoms with Crippen LogP contribution < -0.4 is 4.74 Å². The Bertz CT molecular complexity index is 848. The molecule has 3 rings (SSSR count). The first-order valence-corrected chi connectivity index (χ1v) is 6.92. The quantitative estimate of drug-likeness (QED) is 0.693. The second-order valence-corrected chi connectivity index (χ2v) is 4.75. The van der Waals surface area contributed by atoms with Gasteiger partial charge in [-0.2, -0.15) is 5.26 Å². The molecule has 0 aliphatic heterocycles. The van der Waals surface area contributed by atoms with Crippen LogP contribution in [0, 0.1) is 11.3 Å². The number of aromatic nitrogens is 2. The SMILES string of the molecule is COc1ccc2c(c1)nc(CCl)n2-c1ccccc1C#N. The summed E-state index contributed by atoms with van der Waals surface area (Å²) in [4.78, 5) is 4.53. The lowest BCUT2D eigenvalue weighted by Crippen LogP contribution is -2.01. The fourth-order valence-electron chi connectivity index (χ4n) is 2.36. The number of ether oxygens (including phenoxy) is 1. The first kappa shape index (κ1) is 13.5. The minimum Gasteiger partial charge on any atom is -0.497 e. The Labute approximate surface area is 127 Å². The van der Waals surface area contributed by atoms with Crippen molar-refractivity contribution in [1.82, 2.24) is 9.55 Å². The molecule has 0 bridgehead atoms. The molecule has 0 saturated heterocycles. The van der Waals surface area contributed by atoms with Gasteiger partial charge < -0.3 is 4.74 Å². The molecule has 21 heavy (non-hydrogen) atoms. The normalized spacial score (nSPS) is 10.5. The molecule has 0 radical (unpaired) electrons. The number of nitriles is 1. The molecule has 0 fully saturated rings. The lowest BCUT2D eigenvalue weighted by Gasteiger charge is -2.09. The van der Waals surface area contributed by atoms with E-state index in [1.165, 1.54) is 0 Å². The van der Waals surface area contributed by atoms with E-state index >= 15 is 0 Å². The van der Waals surface area contributed by atoms with Crippen LogP contribution in [0.4, 0.5) is 0 Å². The number of imidazole rings is 1. The van der Waals surface area contributed by atoms with Crippen LogP contribution in [0.1, 0.15) is 11.4 Å². The Morgan fingerprint density at radius 1 is 1.29 bits per heavy atom. The number of benzene rings is 2. The smallest absolute Gasteiger partial charge is 0.129 e. The summed E-state index contributed by atoms with van der Waals surface area (Å²) in [6.45, 7) is 0. The number of fused-ring (bicyclic) bond motifs is 1. The Morgan fingerprint density at radius 2 is 2.10 bits per heavy atom. The van der Waals surface area contributed by atoms with Gasteiger partial charge in [0.1, 0.15) is 17.6 Å². The van der Waals surface area contributed by atoms with Crippen molar-refractivity contribution in [1.29, 1.82) is 5.26 Å². The summed E-state index contributed by atoms with van der Waals surface area (Å²) in [7, 11) is 1.62. The molecule has 0 amide bonds. The van der Waals surface area contributed by atoms with Crippen LogP contribution in [0.2, 0.25) is 0 Å². The highest BCUT2D eigenvalue weighted by atomic mass is 35.5. The first-order chi connectivity index (χ1) is 10.3. The van der Waals surface area contributed by atoms with Gasteiger partial charge in [0.2, 0.25) is 0 Å². The molecule has 104 valence electrons. The van der Waals surface area contributed by atoms with Gasteiger partial charge in [-0.05, 0) is 24.3 Å². The molecule has 0 saturated carbocycles. The van der Waals surface area contributed by atoms with Crippen LogP contribution in [0.15, 0.2) is 42.5 Å². The van der Waals surface area contributed by atoms with Crippen LogP contribution >= 0.6 is 11.6 Å². The Morgan fingerprint density at radius 3 is 2.81 bits per heavy atom. The Balaban J connectivity index is 2.33. The summed E-state index contributed by atoms with van der Waals surface area (Å²) < 4.78 is 7.14. The van der Waals surface area contributed by atoms with Gasteiger partial charge in [-0.1, -0.05) is 12.1 Å². The number of nitrogens with zero attached hydrogens (tertiary/aromatic N) is 3. The number of para-hydroxylation sites is 1. The van der Waals surface area contributed by atoms with Gasteiger partial charge in [0, 0.05) is 6.07 Å². The number of methoxy groups -OCH3 is 1. The average molecular weight is 298 g/mol.